The summed E-state index contributed by atoms with van der Waals surface area (Å²) in [5, 5.41) is 0. The molecule has 0 aliphatic rings. The average Bonchev–Trinajstić information content (AvgIpc) is 2.72. The van der Waals surface area contributed by atoms with Crippen molar-refractivity contribution in [2.75, 3.05) is 24.7 Å². The molecule has 0 aromatic carbocycles. The van der Waals surface area contributed by atoms with Crippen LogP contribution < -0.4 is 0 Å². The van der Waals surface area contributed by atoms with E-state index in [1.54, 1.807) is 6.92 Å². The Morgan fingerprint density at radius 3 is 1.29 bits per heavy atom. The molecule has 0 aliphatic heterocycles. The number of esters is 2. The first-order valence-electron chi connectivity index (χ1n) is 13.1. The Morgan fingerprint density at radius 1 is 0.658 bits per heavy atom. The molecular formula is C24H50O8P2S4. The molecule has 0 unspecified atom stereocenters. The minimum Gasteiger partial charge on any atom is -0.466 e. The first kappa shape index (κ1) is 40.9. The summed E-state index contributed by atoms with van der Waals surface area (Å²) < 4.78 is 32.9. The molecule has 0 bridgehead atoms. The van der Waals surface area contributed by atoms with Gasteiger partial charge in [0.25, 0.3) is 0 Å². The molecule has 0 spiro atoms. The summed E-state index contributed by atoms with van der Waals surface area (Å²) in [5.41, 5.74) is -4.74. The highest BCUT2D eigenvalue weighted by molar-refractivity contribution is 8.68. The lowest BCUT2D eigenvalue weighted by Gasteiger charge is -2.25. The van der Waals surface area contributed by atoms with Crippen LogP contribution in [0.25, 0.3) is 0 Å². The zero-order valence-electron chi connectivity index (χ0n) is 24.8. The van der Waals surface area contributed by atoms with Gasteiger partial charge in [-0.05, 0) is 92.3 Å². The minimum atomic E-state index is -2.38. The fraction of sp³-hybridized carbons (Fsp3) is 0.917. The predicted octanol–water partition coefficient (Wildman–Crippen LogP) is 8.27. The molecule has 0 aliphatic carbocycles. The topological polar surface area (TPSA) is 89.5 Å². The number of rotatable bonds is 20. The highest BCUT2D eigenvalue weighted by Crippen LogP contribution is 2.63. The number of unbranched alkanes of at least 4 members (excludes halogenated alkanes) is 1. The van der Waals surface area contributed by atoms with E-state index < -0.39 is 11.4 Å². The van der Waals surface area contributed by atoms with E-state index in [1.807, 2.05) is 55.4 Å². The van der Waals surface area contributed by atoms with Crippen LogP contribution in [0.4, 0.5) is 0 Å². The van der Waals surface area contributed by atoms with Gasteiger partial charge >= 0.3 is 11.9 Å². The van der Waals surface area contributed by atoms with Gasteiger partial charge in [-0.3, -0.25) is 9.59 Å². The third-order valence-corrected chi connectivity index (χ3v) is 14.6. The predicted molar refractivity (Wildman–Crippen MR) is 170 cm³/mol. The molecule has 228 valence electrons. The molecule has 0 aromatic heterocycles. The molecule has 0 N–H and O–H groups in total. The van der Waals surface area contributed by atoms with Crippen LogP contribution in [0, 0.1) is 0 Å². The molecule has 0 aromatic rings. The zero-order valence-corrected chi connectivity index (χ0v) is 29.8. The van der Waals surface area contributed by atoms with Crippen molar-refractivity contribution in [3.63, 3.8) is 0 Å². The fourth-order valence-corrected chi connectivity index (χ4v) is 13.8. The third kappa shape index (κ3) is 25.7. The summed E-state index contributed by atoms with van der Waals surface area (Å²) in [7, 11) is 0. The Bertz CT molecular complexity index is 708. The molecule has 8 nitrogen and oxygen atoms in total. The van der Waals surface area contributed by atoms with Crippen molar-refractivity contribution < 1.29 is 37.2 Å². The van der Waals surface area contributed by atoms with Gasteiger partial charge in [-0.1, -0.05) is 36.1 Å². The van der Waals surface area contributed by atoms with Crippen molar-refractivity contribution >= 4 is 69.7 Å². The molecule has 38 heavy (non-hydrogen) atoms. The van der Waals surface area contributed by atoms with Gasteiger partial charge in [0.05, 0.1) is 50.5 Å². The van der Waals surface area contributed by atoms with Gasteiger partial charge in [-0.2, -0.15) is 0 Å². The molecule has 0 saturated heterocycles. The quantitative estimate of drug-likeness (QED) is 0.0718. The summed E-state index contributed by atoms with van der Waals surface area (Å²) >= 11 is 13.8. The lowest BCUT2D eigenvalue weighted by atomic mass is 10.4. The van der Waals surface area contributed by atoms with E-state index in [1.165, 1.54) is 22.8 Å². The van der Waals surface area contributed by atoms with Crippen molar-refractivity contribution in [2.24, 2.45) is 0 Å². The third-order valence-electron chi connectivity index (χ3n) is 3.54. The van der Waals surface area contributed by atoms with E-state index in [0.717, 1.165) is 12.8 Å². The van der Waals surface area contributed by atoms with E-state index in [0.29, 0.717) is 37.6 Å². The molecular weight excluding hydrogens is 606 g/mol. The van der Waals surface area contributed by atoms with E-state index in [4.69, 9.17) is 51.2 Å². The van der Waals surface area contributed by atoms with Crippen LogP contribution in [0.15, 0.2) is 0 Å². The molecule has 0 atom stereocenters. The van der Waals surface area contributed by atoms with Crippen LogP contribution in [-0.2, 0) is 60.8 Å². The van der Waals surface area contributed by atoms with Gasteiger partial charge in [-0.15, -0.1) is 0 Å². The Balaban J connectivity index is 0. The fourth-order valence-electron chi connectivity index (χ4n) is 2.32. The Labute approximate surface area is 249 Å². The molecule has 0 radical (unpaired) electrons. The summed E-state index contributed by atoms with van der Waals surface area (Å²) in [6, 6.07) is 0. The second-order valence-electron chi connectivity index (χ2n) is 9.06. The first-order valence-corrected chi connectivity index (χ1v) is 21.6. The minimum absolute atomic E-state index is 0.0172. The van der Waals surface area contributed by atoms with E-state index in [2.05, 4.69) is 6.92 Å². The maximum Gasteiger partial charge on any atom is 0.306 e. The van der Waals surface area contributed by atoms with Crippen molar-refractivity contribution in [3.05, 3.63) is 0 Å². The number of hydrogen-bond donors (Lipinski definition) is 0. The normalized spacial score (nSPS) is 12.2. The van der Waals surface area contributed by atoms with Crippen LogP contribution in [0.2, 0.25) is 0 Å². The lowest BCUT2D eigenvalue weighted by Crippen LogP contribution is -2.09. The van der Waals surface area contributed by atoms with Crippen molar-refractivity contribution in [2.45, 2.75) is 119 Å². The van der Waals surface area contributed by atoms with E-state index in [-0.39, 0.29) is 36.4 Å². The van der Waals surface area contributed by atoms with Crippen LogP contribution in [0.1, 0.15) is 94.9 Å². The second kappa shape index (κ2) is 23.4. The van der Waals surface area contributed by atoms with Gasteiger partial charge in [0.2, 0.25) is 11.4 Å². The van der Waals surface area contributed by atoms with Gasteiger partial charge in [0.15, 0.2) is 0 Å². The number of carbonyl (C=O) groups is 2. The molecule has 14 heteroatoms. The van der Waals surface area contributed by atoms with Crippen LogP contribution >= 0.6 is 34.2 Å². The SMILES string of the molecule is CCCCOC(=O)CCSP(=S)(OC(C)C)OC(C)C.CCOC(=O)CCSP(=S)(OC(C)C)OC(C)C. The molecule has 0 fully saturated rings. The smallest absolute Gasteiger partial charge is 0.306 e. The second-order valence-corrected chi connectivity index (χ2v) is 21.7. The van der Waals surface area contributed by atoms with E-state index >= 15 is 0 Å². The summed E-state index contributed by atoms with van der Waals surface area (Å²) in [5.74, 6) is 0.749. The summed E-state index contributed by atoms with van der Waals surface area (Å²) in [6.45, 7) is 20.2. The number of hydrogen-bond acceptors (Lipinski definition) is 12. The molecule has 0 heterocycles. The highest BCUT2D eigenvalue weighted by Gasteiger charge is 2.25. The standard InChI is InChI=1S/C13H27O4PS2.C11H23O4PS2/c1-6-7-9-15-13(14)8-10-20-18(19,16-11(2)3)17-12(4)5;1-6-13-11(12)7-8-18-16(17,14-9(2)3)15-10(4)5/h11-12H,6-10H2,1-5H3;9-10H,6-8H2,1-5H3. The molecule has 0 rings (SSSR count). The highest BCUT2D eigenvalue weighted by atomic mass is 32.9. The van der Waals surface area contributed by atoms with Gasteiger partial charge in [0, 0.05) is 11.5 Å². The largest absolute Gasteiger partial charge is 0.466 e. The molecule has 0 amide bonds. The molecule has 0 saturated carbocycles. The van der Waals surface area contributed by atoms with Crippen molar-refractivity contribution in [3.8, 4) is 0 Å². The van der Waals surface area contributed by atoms with Gasteiger partial charge < -0.3 is 27.6 Å². The van der Waals surface area contributed by atoms with Crippen LogP contribution in [-0.4, -0.2) is 61.1 Å². The number of ether oxygens (including phenoxy) is 2. The summed E-state index contributed by atoms with van der Waals surface area (Å²) in [4.78, 5) is 22.7. The van der Waals surface area contributed by atoms with Gasteiger partial charge in [0.1, 0.15) is 0 Å². The average molecular weight is 657 g/mol. The van der Waals surface area contributed by atoms with Crippen molar-refractivity contribution in [1.82, 2.24) is 0 Å². The lowest BCUT2D eigenvalue weighted by molar-refractivity contribution is -0.143. The first-order chi connectivity index (χ1) is 17.6. The Morgan fingerprint density at radius 2 is 1.00 bits per heavy atom. The monoisotopic (exact) mass is 656 g/mol. The van der Waals surface area contributed by atoms with E-state index in [9.17, 15) is 9.59 Å². The maximum atomic E-state index is 11.5. The van der Waals surface area contributed by atoms with Gasteiger partial charge in [-0.25, -0.2) is 0 Å². The zero-order chi connectivity index (χ0) is 29.8. The van der Waals surface area contributed by atoms with Crippen LogP contribution in [0.3, 0.4) is 0 Å². The Hall–Kier alpha value is 0.780. The maximum absolute atomic E-state index is 11.5. The Kier molecular flexibility index (Phi) is 25.1. The van der Waals surface area contributed by atoms with Crippen molar-refractivity contribution in [1.29, 1.82) is 0 Å². The number of carbonyl (C=O) groups excluding carboxylic acids is 2. The van der Waals surface area contributed by atoms with Crippen LogP contribution in [0.5, 0.6) is 0 Å². The summed E-state index contributed by atoms with van der Waals surface area (Å²) in [6.07, 6.45) is 2.67.